The summed E-state index contributed by atoms with van der Waals surface area (Å²) in [7, 11) is 0. The Morgan fingerprint density at radius 1 is 1.40 bits per heavy atom. The lowest BCUT2D eigenvalue weighted by molar-refractivity contribution is 0.230. The van der Waals surface area contributed by atoms with Crippen LogP contribution in [0.1, 0.15) is 40.0 Å². The van der Waals surface area contributed by atoms with Gasteiger partial charge >= 0.3 is 0 Å². The Balaban J connectivity index is 2.14. The first kappa shape index (κ1) is 13.0. The monoisotopic (exact) mass is 212 g/mol. The zero-order chi connectivity index (χ0) is 11.1. The molecule has 0 aromatic carbocycles. The van der Waals surface area contributed by atoms with Gasteiger partial charge in [-0.1, -0.05) is 27.2 Å². The van der Waals surface area contributed by atoms with Gasteiger partial charge in [0.25, 0.3) is 0 Å². The third-order valence-corrected chi connectivity index (χ3v) is 3.73. The Hall–Kier alpha value is -0.0800. The topological polar surface area (TPSA) is 15.3 Å². The molecule has 1 aliphatic heterocycles. The number of nitrogens with one attached hydrogen (secondary N) is 1. The van der Waals surface area contributed by atoms with Crippen molar-refractivity contribution in [2.75, 3.05) is 32.7 Å². The number of rotatable bonds is 7. The molecule has 2 nitrogen and oxygen atoms in total. The van der Waals surface area contributed by atoms with Crippen LogP contribution in [0, 0.1) is 11.8 Å². The van der Waals surface area contributed by atoms with Crippen LogP contribution in [0.4, 0.5) is 0 Å². The summed E-state index contributed by atoms with van der Waals surface area (Å²) in [5, 5.41) is 3.45. The first-order valence-electron chi connectivity index (χ1n) is 6.69. The van der Waals surface area contributed by atoms with E-state index in [2.05, 4.69) is 31.0 Å². The molecule has 15 heavy (non-hydrogen) atoms. The molecular formula is C13H28N2. The fourth-order valence-corrected chi connectivity index (χ4v) is 2.27. The van der Waals surface area contributed by atoms with Gasteiger partial charge in [-0.05, 0) is 50.9 Å². The van der Waals surface area contributed by atoms with Crippen molar-refractivity contribution in [1.29, 1.82) is 0 Å². The molecule has 0 saturated carbocycles. The van der Waals surface area contributed by atoms with E-state index < -0.39 is 0 Å². The summed E-state index contributed by atoms with van der Waals surface area (Å²) in [6, 6.07) is 0. The predicted molar refractivity (Wildman–Crippen MR) is 67.2 cm³/mol. The van der Waals surface area contributed by atoms with Gasteiger partial charge in [-0.25, -0.2) is 0 Å². The van der Waals surface area contributed by atoms with E-state index >= 15 is 0 Å². The van der Waals surface area contributed by atoms with Crippen LogP contribution in [0.25, 0.3) is 0 Å². The second-order valence-electron chi connectivity index (χ2n) is 5.05. The predicted octanol–water partition coefficient (Wildman–Crippen LogP) is 2.35. The summed E-state index contributed by atoms with van der Waals surface area (Å²) >= 11 is 0. The molecule has 1 rings (SSSR count). The fraction of sp³-hybridized carbons (Fsp3) is 1.00. The molecule has 0 aromatic rings. The van der Waals surface area contributed by atoms with Crippen LogP contribution in [0.15, 0.2) is 0 Å². The highest BCUT2D eigenvalue weighted by molar-refractivity contribution is 4.73. The highest BCUT2D eigenvalue weighted by atomic mass is 15.1. The van der Waals surface area contributed by atoms with E-state index in [-0.39, 0.29) is 0 Å². The van der Waals surface area contributed by atoms with Crippen molar-refractivity contribution in [3.05, 3.63) is 0 Å². The highest BCUT2D eigenvalue weighted by Gasteiger charge is 2.15. The maximum atomic E-state index is 3.45. The van der Waals surface area contributed by atoms with Gasteiger partial charge in [0.1, 0.15) is 0 Å². The van der Waals surface area contributed by atoms with Gasteiger partial charge in [-0.15, -0.1) is 0 Å². The zero-order valence-corrected chi connectivity index (χ0v) is 10.8. The lowest BCUT2D eigenvalue weighted by Crippen LogP contribution is -2.30. The molecular weight excluding hydrogens is 184 g/mol. The Morgan fingerprint density at radius 3 is 2.73 bits per heavy atom. The van der Waals surface area contributed by atoms with Gasteiger partial charge in [0.2, 0.25) is 0 Å². The van der Waals surface area contributed by atoms with E-state index in [1.807, 2.05) is 0 Å². The summed E-state index contributed by atoms with van der Waals surface area (Å²) in [6.07, 6.45) is 4.08. The molecule has 1 N–H and O–H groups in total. The van der Waals surface area contributed by atoms with Crippen molar-refractivity contribution in [2.45, 2.75) is 40.0 Å². The van der Waals surface area contributed by atoms with Crippen LogP contribution in [0.5, 0.6) is 0 Å². The van der Waals surface area contributed by atoms with E-state index in [1.54, 1.807) is 0 Å². The maximum absolute atomic E-state index is 3.45. The summed E-state index contributed by atoms with van der Waals surface area (Å²) < 4.78 is 0. The molecule has 90 valence electrons. The third-order valence-electron chi connectivity index (χ3n) is 3.73. The molecule has 0 bridgehead atoms. The van der Waals surface area contributed by atoms with Crippen molar-refractivity contribution < 1.29 is 0 Å². The molecule has 2 heteroatoms. The van der Waals surface area contributed by atoms with Crippen LogP contribution >= 0.6 is 0 Å². The van der Waals surface area contributed by atoms with Crippen molar-refractivity contribution in [2.24, 2.45) is 11.8 Å². The Morgan fingerprint density at radius 2 is 2.20 bits per heavy atom. The Kier molecular flexibility index (Phi) is 6.26. The lowest BCUT2D eigenvalue weighted by Gasteiger charge is -2.24. The molecule has 0 radical (unpaired) electrons. The van der Waals surface area contributed by atoms with E-state index in [0.29, 0.717) is 0 Å². The Bertz CT molecular complexity index is 153. The van der Waals surface area contributed by atoms with E-state index in [4.69, 9.17) is 0 Å². The normalized spacial score (nSPS) is 23.6. The summed E-state index contributed by atoms with van der Waals surface area (Å²) in [6.45, 7) is 13.2. The van der Waals surface area contributed by atoms with Gasteiger partial charge in [0.15, 0.2) is 0 Å². The molecule has 2 unspecified atom stereocenters. The van der Waals surface area contributed by atoms with E-state index in [0.717, 1.165) is 11.8 Å². The molecule has 0 aromatic heterocycles. The van der Waals surface area contributed by atoms with Gasteiger partial charge in [0, 0.05) is 6.54 Å². The van der Waals surface area contributed by atoms with Gasteiger partial charge in [0.05, 0.1) is 0 Å². The number of hydrogen-bond acceptors (Lipinski definition) is 2. The molecule has 0 spiro atoms. The minimum atomic E-state index is 0.853. The van der Waals surface area contributed by atoms with Crippen molar-refractivity contribution in [3.8, 4) is 0 Å². The average molecular weight is 212 g/mol. The van der Waals surface area contributed by atoms with Crippen LogP contribution in [0.2, 0.25) is 0 Å². The van der Waals surface area contributed by atoms with Crippen molar-refractivity contribution in [1.82, 2.24) is 10.2 Å². The lowest BCUT2D eigenvalue weighted by atomic mass is 10.0. The molecule has 1 fully saturated rings. The third kappa shape index (κ3) is 4.98. The first-order valence-corrected chi connectivity index (χ1v) is 6.69. The quantitative estimate of drug-likeness (QED) is 0.697. The second-order valence-corrected chi connectivity index (χ2v) is 5.05. The van der Waals surface area contributed by atoms with Crippen molar-refractivity contribution in [3.63, 3.8) is 0 Å². The smallest absolute Gasteiger partial charge is 0.000680 e. The summed E-state index contributed by atoms with van der Waals surface area (Å²) in [5.41, 5.74) is 0. The summed E-state index contributed by atoms with van der Waals surface area (Å²) in [4.78, 5) is 2.62. The van der Waals surface area contributed by atoms with Gasteiger partial charge < -0.3 is 10.2 Å². The van der Waals surface area contributed by atoms with Crippen LogP contribution in [-0.4, -0.2) is 37.6 Å². The molecule has 2 atom stereocenters. The number of nitrogens with zero attached hydrogens (tertiary/aromatic N) is 1. The van der Waals surface area contributed by atoms with Crippen LogP contribution in [0.3, 0.4) is 0 Å². The number of hydrogen-bond donors (Lipinski definition) is 1. The first-order chi connectivity index (χ1) is 7.26. The minimum absolute atomic E-state index is 0.853. The van der Waals surface area contributed by atoms with E-state index in [9.17, 15) is 0 Å². The summed E-state index contributed by atoms with van der Waals surface area (Å²) in [5.74, 6) is 1.79. The minimum Gasteiger partial charge on any atom is -0.316 e. The largest absolute Gasteiger partial charge is 0.316 e. The SMILES string of the molecule is CCC(C)CN(CC)CCC1CCNC1. The van der Waals surface area contributed by atoms with Crippen LogP contribution in [-0.2, 0) is 0 Å². The average Bonchev–Trinajstić information content (AvgIpc) is 2.76. The standard InChI is InChI=1S/C13H28N2/c1-4-12(3)11-15(5-2)9-7-13-6-8-14-10-13/h12-14H,4-11H2,1-3H3. The highest BCUT2D eigenvalue weighted by Crippen LogP contribution is 2.13. The molecule has 0 aliphatic carbocycles. The molecule has 1 aliphatic rings. The van der Waals surface area contributed by atoms with Crippen LogP contribution < -0.4 is 5.32 Å². The van der Waals surface area contributed by atoms with Crippen molar-refractivity contribution >= 4 is 0 Å². The van der Waals surface area contributed by atoms with Gasteiger partial charge in [-0.3, -0.25) is 0 Å². The molecule has 1 heterocycles. The maximum Gasteiger partial charge on any atom is 0.000680 e. The second kappa shape index (κ2) is 7.24. The molecule has 0 amide bonds. The van der Waals surface area contributed by atoms with Gasteiger partial charge in [-0.2, -0.15) is 0 Å². The van der Waals surface area contributed by atoms with E-state index in [1.165, 1.54) is 52.0 Å². The zero-order valence-electron chi connectivity index (χ0n) is 10.8. The Labute approximate surface area is 95.4 Å². The molecule has 1 saturated heterocycles. The fourth-order valence-electron chi connectivity index (χ4n) is 2.27.